The third-order valence-electron chi connectivity index (χ3n) is 5.56. The van der Waals surface area contributed by atoms with Crippen LogP contribution in [-0.4, -0.2) is 45.6 Å². The van der Waals surface area contributed by atoms with Crippen LogP contribution in [0.5, 0.6) is 0 Å². The summed E-state index contributed by atoms with van der Waals surface area (Å²) in [7, 11) is 2.01. The summed E-state index contributed by atoms with van der Waals surface area (Å²) < 4.78 is 5.52. The molecule has 0 radical (unpaired) electrons. The van der Waals surface area contributed by atoms with Gasteiger partial charge in [-0.1, -0.05) is 38.1 Å². The largest absolute Gasteiger partial charge is 0.348 e. The minimum Gasteiger partial charge on any atom is -0.348 e. The van der Waals surface area contributed by atoms with Gasteiger partial charge >= 0.3 is 0 Å². The number of rotatable bonds is 4. The highest BCUT2D eigenvalue weighted by atomic mass is 16.5. The monoisotopic (exact) mass is 405 g/mol. The lowest BCUT2D eigenvalue weighted by Crippen LogP contribution is -2.36. The topological polar surface area (TPSA) is 84.2 Å². The number of nitrogens with one attached hydrogen (secondary N) is 1. The van der Waals surface area contributed by atoms with E-state index in [0.29, 0.717) is 17.3 Å². The second-order valence-electron chi connectivity index (χ2n) is 8.88. The molecule has 1 N–H and O–H groups in total. The van der Waals surface area contributed by atoms with Gasteiger partial charge in [-0.25, -0.2) is 0 Å². The molecule has 0 saturated carbocycles. The molecule has 1 amide bonds. The molecule has 7 heteroatoms. The van der Waals surface area contributed by atoms with Gasteiger partial charge < -0.3 is 9.84 Å². The first kappa shape index (κ1) is 20.2. The molecule has 7 nitrogen and oxygen atoms in total. The van der Waals surface area contributed by atoms with Crippen LogP contribution in [0.25, 0.3) is 11.4 Å². The Morgan fingerprint density at radius 1 is 1.13 bits per heavy atom. The van der Waals surface area contributed by atoms with Gasteiger partial charge in [0, 0.05) is 36.1 Å². The molecule has 156 valence electrons. The van der Waals surface area contributed by atoms with E-state index >= 15 is 0 Å². The van der Waals surface area contributed by atoms with Crippen molar-refractivity contribution in [1.29, 1.82) is 0 Å². The highest BCUT2D eigenvalue weighted by molar-refractivity contribution is 5.94. The minimum absolute atomic E-state index is 0.0195. The van der Waals surface area contributed by atoms with Gasteiger partial charge in [0.2, 0.25) is 11.7 Å². The maximum absolute atomic E-state index is 12.7. The molecule has 1 aliphatic rings. The lowest BCUT2D eigenvalue weighted by molar-refractivity contribution is 0.0938. The molecule has 3 heterocycles. The molecular formula is C23H27N5O2. The molecular weight excluding hydrogens is 378 g/mol. The predicted octanol–water partition coefficient (Wildman–Crippen LogP) is 3.60. The number of nitrogens with zero attached hydrogens (tertiary/aromatic N) is 4. The Morgan fingerprint density at radius 2 is 1.83 bits per heavy atom. The normalized spacial score (nSPS) is 19.7. The van der Waals surface area contributed by atoms with E-state index in [1.54, 1.807) is 12.4 Å². The summed E-state index contributed by atoms with van der Waals surface area (Å²) >= 11 is 0. The van der Waals surface area contributed by atoms with Crippen LogP contribution in [0.15, 0.2) is 53.3 Å². The van der Waals surface area contributed by atoms with Crippen molar-refractivity contribution in [2.24, 2.45) is 0 Å². The number of hydrogen-bond acceptors (Lipinski definition) is 6. The smallest absolute Gasteiger partial charge is 0.251 e. The second-order valence-corrected chi connectivity index (χ2v) is 8.88. The van der Waals surface area contributed by atoms with Gasteiger partial charge in [-0.2, -0.15) is 4.98 Å². The van der Waals surface area contributed by atoms with Crippen LogP contribution in [-0.2, 0) is 5.41 Å². The SMILES string of the molecule is CN1C[C@H](NC(=O)c2ccc(C(C)(C)C)cc2)C[C@H]1c1nc(-c2ccncc2)no1. The predicted molar refractivity (Wildman–Crippen MR) is 114 cm³/mol. The van der Waals surface area contributed by atoms with Crippen LogP contribution in [0.4, 0.5) is 0 Å². The first-order chi connectivity index (χ1) is 14.3. The number of likely N-dealkylation sites (N-methyl/N-ethyl adjacent to an activating group) is 1. The van der Waals surface area contributed by atoms with E-state index in [1.165, 1.54) is 5.56 Å². The van der Waals surface area contributed by atoms with Gasteiger partial charge in [0.1, 0.15) is 0 Å². The first-order valence-electron chi connectivity index (χ1n) is 10.2. The fraction of sp³-hybridized carbons (Fsp3) is 0.391. The number of carbonyl (C=O) groups excluding carboxylic acids is 1. The Kier molecular flexibility index (Phi) is 5.39. The van der Waals surface area contributed by atoms with Crippen molar-refractivity contribution < 1.29 is 9.32 Å². The van der Waals surface area contributed by atoms with Gasteiger partial charge in [-0.3, -0.25) is 14.7 Å². The lowest BCUT2D eigenvalue weighted by atomic mass is 9.86. The molecule has 3 aromatic rings. The van der Waals surface area contributed by atoms with Crippen molar-refractivity contribution in [2.45, 2.75) is 44.7 Å². The highest BCUT2D eigenvalue weighted by Crippen LogP contribution is 2.31. The molecule has 4 rings (SSSR count). The van der Waals surface area contributed by atoms with E-state index in [9.17, 15) is 4.79 Å². The van der Waals surface area contributed by atoms with E-state index in [4.69, 9.17) is 4.52 Å². The Bertz CT molecular complexity index is 1010. The van der Waals surface area contributed by atoms with E-state index in [-0.39, 0.29) is 23.4 Å². The number of likely N-dealkylation sites (tertiary alicyclic amines) is 1. The molecule has 1 saturated heterocycles. The summed E-state index contributed by atoms with van der Waals surface area (Å²) in [4.78, 5) is 23.4. The van der Waals surface area contributed by atoms with Gasteiger partial charge in [0.05, 0.1) is 6.04 Å². The standard InChI is InChI=1S/C23H27N5O2/c1-23(2,3)17-7-5-16(6-8-17)21(29)25-18-13-19(28(4)14-18)22-26-20(27-30-22)15-9-11-24-12-10-15/h5-12,18-19H,13-14H2,1-4H3,(H,25,29)/t18-,19+/m1/s1. The van der Waals surface area contributed by atoms with Gasteiger partial charge in [0.15, 0.2) is 0 Å². The van der Waals surface area contributed by atoms with Crippen LogP contribution in [0, 0.1) is 0 Å². The Labute approximate surface area is 176 Å². The molecule has 0 aliphatic carbocycles. The maximum atomic E-state index is 12.7. The van der Waals surface area contributed by atoms with E-state index in [0.717, 1.165) is 18.5 Å². The number of amides is 1. The molecule has 2 atom stereocenters. The molecule has 0 spiro atoms. The summed E-state index contributed by atoms with van der Waals surface area (Å²) in [5, 5.41) is 7.24. The Hall–Kier alpha value is -3.06. The lowest BCUT2D eigenvalue weighted by Gasteiger charge is -2.19. The number of benzene rings is 1. The zero-order valence-corrected chi connectivity index (χ0v) is 17.8. The molecule has 30 heavy (non-hydrogen) atoms. The van der Waals surface area contributed by atoms with Crippen molar-refractivity contribution in [3.8, 4) is 11.4 Å². The average molecular weight is 406 g/mol. The third kappa shape index (κ3) is 4.26. The summed E-state index contributed by atoms with van der Waals surface area (Å²) in [6.45, 7) is 7.21. The number of pyridine rings is 1. The number of hydrogen-bond donors (Lipinski definition) is 1. The van der Waals surface area contributed by atoms with Crippen molar-refractivity contribution in [3.05, 3.63) is 65.8 Å². The third-order valence-corrected chi connectivity index (χ3v) is 5.56. The molecule has 1 aromatic carbocycles. The number of carbonyl (C=O) groups is 1. The Balaban J connectivity index is 1.41. The van der Waals surface area contributed by atoms with Crippen molar-refractivity contribution in [1.82, 2.24) is 25.3 Å². The summed E-state index contributed by atoms with van der Waals surface area (Å²) in [5.74, 6) is 1.06. The zero-order chi connectivity index (χ0) is 21.3. The highest BCUT2D eigenvalue weighted by Gasteiger charge is 2.35. The van der Waals surface area contributed by atoms with Crippen LogP contribution in [0.3, 0.4) is 0 Å². The Morgan fingerprint density at radius 3 is 2.50 bits per heavy atom. The summed E-state index contributed by atoms with van der Waals surface area (Å²) in [5.41, 5.74) is 2.81. The van der Waals surface area contributed by atoms with Crippen LogP contribution >= 0.6 is 0 Å². The van der Waals surface area contributed by atoms with Crippen LogP contribution in [0.2, 0.25) is 0 Å². The summed E-state index contributed by atoms with van der Waals surface area (Å²) in [6, 6.07) is 11.5. The van der Waals surface area contributed by atoms with Crippen molar-refractivity contribution >= 4 is 5.91 Å². The molecule has 0 unspecified atom stereocenters. The van der Waals surface area contributed by atoms with Gasteiger partial charge in [-0.15, -0.1) is 0 Å². The fourth-order valence-electron chi connectivity index (χ4n) is 3.77. The van der Waals surface area contributed by atoms with Gasteiger partial charge in [-0.05, 0) is 48.7 Å². The molecule has 1 fully saturated rings. The minimum atomic E-state index is -0.0579. The molecule has 1 aliphatic heterocycles. The van der Waals surface area contributed by atoms with E-state index in [1.807, 2.05) is 43.4 Å². The molecule has 0 bridgehead atoms. The molecule has 2 aromatic heterocycles. The van der Waals surface area contributed by atoms with Crippen molar-refractivity contribution in [2.75, 3.05) is 13.6 Å². The van der Waals surface area contributed by atoms with Crippen LogP contribution < -0.4 is 5.32 Å². The van der Waals surface area contributed by atoms with E-state index < -0.39 is 0 Å². The first-order valence-corrected chi connectivity index (χ1v) is 10.2. The zero-order valence-electron chi connectivity index (χ0n) is 17.8. The number of aromatic nitrogens is 3. The second kappa shape index (κ2) is 7.99. The maximum Gasteiger partial charge on any atom is 0.251 e. The summed E-state index contributed by atoms with van der Waals surface area (Å²) in [6.07, 6.45) is 4.12. The van der Waals surface area contributed by atoms with Crippen molar-refractivity contribution in [3.63, 3.8) is 0 Å². The van der Waals surface area contributed by atoms with Gasteiger partial charge in [0.25, 0.3) is 5.91 Å². The van der Waals surface area contributed by atoms with Crippen LogP contribution in [0.1, 0.15) is 55.0 Å². The average Bonchev–Trinajstić information content (AvgIpc) is 3.35. The van der Waals surface area contributed by atoms with E-state index in [2.05, 4.69) is 46.1 Å². The fourth-order valence-corrected chi connectivity index (χ4v) is 3.77. The quantitative estimate of drug-likeness (QED) is 0.714.